The van der Waals surface area contributed by atoms with E-state index in [9.17, 15) is 4.79 Å². The lowest BCUT2D eigenvalue weighted by molar-refractivity contribution is 0.0929. The zero-order valence-electron chi connectivity index (χ0n) is 8.79. The fraction of sp³-hybridized carbons (Fsp3) is 0.455. The molecule has 1 aliphatic rings. The average molecular weight is 205 g/mol. The van der Waals surface area contributed by atoms with Gasteiger partial charge >= 0.3 is 0 Å². The van der Waals surface area contributed by atoms with Crippen molar-refractivity contribution >= 4 is 5.78 Å². The quantitative estimate of drug-likeness (QED) is 0.674. The summed E-state index contributed by atoms with van der Waals surface area (Å²) in [5, 5.41) is 6.39. The number of ketones is 1. The molecule has 1 aromatic rings. The summed E-state index contributed by atoms with van der Waals surface area (Å²) in [4.78, 5) is 16.2. The Morgan fingerprint density at radius 2 is 2.40 bits per heavy atom. The summed E-state index contributed by atoms with van der Waals surface area (Å²) in [6, 6.07) is 3.63. The molecule has 4 nitrogen and oxygen atoms in total. The lowest BCUT2D eigenvalue weighted by Gasteiger charge is -2.23. The van der Waals surface area contributed by atoms with Gasteiger partial charge < -0.3 is 10.6 Å². The van der Waals surface area contributed by atoms with Gasteiger partial charge in [0.15, 0.2) is 5.78 Å². The molecule has 1 saturated heterocycles. The fourth-order valence-corrected chi connectivity index (χ4v) is 1.75. The second kappa shape index (κ2) is 4.51. The molecule has 15 heavy (non-hydrogen) atoms. The van der Waals surface area contributed by atoms with Gasteiger partial charge in [-0.25, -0.2) is 0 Å². The van der Waals surface area contributed by atoms with Gasteiger partial charge in [0.1, 0.15) is 5.69 Å². The van der Waals surface area contributed by atoms with Crippen LogP contribution in [0.3, 0.4) is 0 Å². The van der Waals surface area contributed by atoms with Gasteiger partial charge in [-0.1, -0.05) is 6.07 Å². The van der Waals surface area contributed by atoms with Gasteiger partial charge in [0.05, 0.1) is 6.04 Å². The van der Waals surface area contributed by atoms with E-state index in [1.165, 1.54) is 0 Å². The van der Waals surface area contributed by atoms with Crippen molar-refractivity contribution in [2.24, 2.45) is 0 Å². The number of hydrogen-bond acceptors (Lipinski definition) is 4. The maximum Gasteiger partial charge on any atom is 0.199 e. The highest BCUT2D eigenvalue weighted by Crippen LogP contribution is 2.07. The van der Waals surface area contributed by atoms with Crippen LogP contribution in [0.2, 0.25) is 0 Å². The third-order valence-electron chi connectivity index (χ3n) is 2.60. The maximum atomic E-state index is 12.1. The SMILES string of the molecule is Cc1cccnc1C(=O)[C@@H]1CNCCN1. The summed E-state index contributed by atoms with van der Waals surface area (Å²) in [6.45, 7) is 4.36. The molecule has 1 fully saturated rings. The molecule has 0 unspecified atom stereocenters. The van der Waals surface area contributed by atoms with Crippen LogP contribution in [-0.4, -0.2) is 36.4 Å². The van der Waals surface area contributed by atoms with E-state index >= 15 is 0 Å². The number of rotatable bonds is 2. The van der Waals surface area contributed by atoms with Crippen molar-refractivity contribution in [3.05, 3.63) is 29.6 Å². The van der Waals surface area contributed by atoms with Gasteiger partial charge in [-0.05, 0) is 18.6 Å². The maximum absolute atomic E-state index is 12.1. The fourth-order valence-electron chi connectivity index (χ4n) is 1.75. The van der Waals surface area contributed by atoms with Crippen LogP contribution in [0.5, 0.6) is 0 Å². The summed E-state index contributed by atoms with van der Waals surface area (Å²) >= 11 is 0. The molecule has 2 rings (SSSR count). The lowest BCUT2D eigenvalue weighted by Crippen LogP contribution is -2.52. The highest BCUT2D eigenvalue weighted by Gasteiger charge is 2.23. The normalized spacial score (nSPS) is 21.3. The number of carbonyl (C=O) groups excluding carboxylic acids is 1. The minimum absolute atomic E-state index is 0.0836. The number of nitrogens with zero attached hydrogens (tertiary/aromatic N) is 1. The summed E-state index contributed by atoms with van der Waals surface area (Å²) in [5.74, 6) is 0.0836. The summed E-state index contributed by atoms with van der Waals surface area (Å²) < 4.78 is 0. The molecule has 0 amide bonds. The number of carbonyl (C=O) groups is 1. The Morgan fingerprint density at radius 3 is 3.07 bits per heavy atom. The standard InChI is InChI=1S/C11H15N3O/c1-8-3-2-4-14-10(8)11(15)9-7-12-5-6-13-9/h2-4,9,12-13H,5-7H2,1H3/t9-/m0/s1. The average Bonchev–Trinajstić information content (AvgIpc) is 2.30. The second-order valence-corrected chi connectivity index (χ2v) is 3.74. The molecule has 1 aromatic heterocycles. The molecular weight excluding hydrogens is 190 g/mol. The summed E-state index contributed by atoms with van der Waals surface area (Å²) in [5.41, 5.74) is 1.52. The highest BCUT2D eigenvalue weighted by molar-refractivity contribution is 5.99. The minimum Gasteiger partial charge on any atom is -0.313 e. The third-order valence-corrected chi connectivity index (χ3v) is 2.60. The van der Waals surface area contributed by atoms with E-state index in [-0.39, 0.29) is 11.8 Å². The zero-order chi connectivity index (χ0) is 10.7. The minimum atomic E-state index is -0.132. The van der Waals surface area contributed by atoms with Crippen LogP contribution in [0.15, 0.2) is 18.3 Å². The summed E-state index contributed by atoms with van der Waals surface area (Å²) in [7, 11) is 0. The van der Waals surface area contributed by atoms with E-state index in [2.05, 4.69) is 15.6 Å². The number of piperazine rings is 1. The first-order chi connectivity index (χ1) is 7.29. The predicted molar refractivity (Wildman–Crippen MR) is 58.0 cm³/mol. The Morgan fingerprint density at radius 1 is 1.53 bits per heavy atom. The molecule has 0 bridgehead atoms. The number of aryl methyl sites for hydroxylation is 1. The van der Waals surface area contributed by atoms with Crippen LogP contribution < -0.4 is 10.6 Å². The van der Waals surface area contributed by atoms with E-state index in [0.717, 1.165) is 18.7 Å². The smallest absolute Gasteiger partial charge is 0.199 e. The first kappa shape index (κ1) is 10.3. The molecule has 0 aliphatic carbocycles. The van der Waals surface area contributed by atoms with E-state index in [1.807, 2.05) is 19.1 Å². The summed E-state index contributed by atoms with van der Waals surface area (Å²) in [6.07, 6.45) is 1.66. The topological polar surface area (TPSA) is 54.0 Å². The van der Waals surface area contributed by atoms with Crippen molar-refractivity contribution in [2.75, 3.05) is 19.6 Å². The van der Waals surface area contributed by atoms with Gasteiger partial charge in [-0.3, -0.25) is 9.78 Å². The van der Waals surface area contributed by atoms with E-state index in [4.69, 9.17) is 0 Å². The number of aromatic nitrogens is 1. The Balaban J connectivity index is 2.16. The number of hydrogen-bond donors (Lipinski definition) is 2. The van der Waals surface area contributed by atoms with Crippen LogP contribution in [0.1, 0.15) is 16.1 Å². The Bertz CT molecular complexity index is 359. The van der Waals surface area contributed by atoms with Crippen LogP contribution in [-0.2, 0) is 0 Å². The van der Waals surface area contributed by atoms with Crippen molar-refractivity contribution in [3.63, 3.8) is 0 Å². The molecular formula is C11H15N3O. The van der Waals surface area contributed by atoms with Gasteiger partial charge in [0, 0.05) is 25.8 Å². The van der Waals surface area contributed by atoms with Gasteiger partial charge in [-0.15, -0.1) is 0 Å². The van der Waals surface area contributed by atoms with Crippen LogP contribution in [0, 0.1) is 6.92 Å². The number of pyridine rings is 1. The first-order valence-electron chi connectivity index (χ1n) is 5.19. The molecule has 0 aromatic carbocycles. The lowest BCUT2D eigenvalue weighted by atomic mass is 10.0. The van der Waals surface area contributed by atoms with E-state index in [1.54, 1.807) is 6.20 Å². The molecule has 4 heteroatoms. The molecule has 1 atom stereocenters. The molecule has 2 N–H and O–H groups in total. The van der Waals surface area contributed by atoms with Gasteiger partial charge in [0.25, 0.3) is 0 Å². The van der Waals surface area contributed by atoms with Crippen molar-refractivity contribution in [2.45, 2.75) is 13.0 Å². The molecule has 0 saturated carbocycles. The monoisotopic (exact) mass is 205 g/mol. The van der Waals surface area contributed by atoms with Crippen molar-refractivity contribution < 1.29 is 4.79 Å². The van der Waals surface area contributed by atoms with Gasteiger partial charge in [-0.2, -0.15) is 0 Å². The largest absolute Gasteiger partial charge is 0.313 e. The van der Waals surface area contributed by atoms with Gasteiger partial charge in [0.2, 0.25) is 0 Å². The van der Waals surface area contributed by atoms with Crippen molar-refractivity contribution in [3.8, 4) is 0 Å². The Kier molecular flexibility index (Phi) is 3.08. The molecule has 1 aliphatic heterocycles. The van der Waals surface area contributed by atoms with E-state index < -0.39 is 0 Å². The number of nitrogens with one attached hydrogen (secondary N) is 2. The van der Waals surface area contributed by atoms with E-state index in [0.29, 0.717) is 12.2 Å². The van der Waals surface area contributed by atoms with Crippen LogP contribution in [0.4, 0.5) is 0 Å². The number of Topliss-reactive ketones (excluding diaryl/α,β-unsaturated/α-hetero) is 1. The molecule has 0 radical (unpaired) electrons. The predicted octanol–water partition coefficient (Wildman–Crippen LogP) is 0.134. The molecule has 0 spiro atoms. The van der Waals surface area contributed by atoms with Crippen LogP contribution >= 0.6 is 0 Å². The zero-order valence-corrected chi connectivity index (χ0v) is 8.79. The Labute approximate surface area is 89.1 Å². The highest BCUT2D eigenvalue weighted by atomic mass is 16.1. The second-order valence-electron chi connectivity index (χ2n) is 3.74. The molecule has 2 heterocycles. The van der Waals surface area contributed by atoms with Crippen molar-refractivity contribution in [1.29, 1.82) is 0 Å². The molecule has 80 valence electrons. The third kappa shape index (κ3) is 2.22. The van der Waals surface area contributed by atoms with Crippen molar-refractivity contribution in [1.82, 2.24) is 15.6 Å². The first-order valence-corrected chi connectivity index (χ1v) is 5.19. The Hall–Kier alpha value is -1.26. The van der Waals surface area contributed by atoms with Crippen LogP contribution in [0.25, 0.3) is 0 Å².